The van der Waals surface area contributed by atoms with Gasteiger partial charge in [-0.05, 0) is 25.5 Å². The summed E-state index contributed by atoms with van der Waals surface area (Å²) in [5, 5.41) is 0. The van der Waals surface area contributed by atoms with E-state index in [4.69, 9.17) is 5.73 Å². The largest absolute Gasteiger partial charge is 0.397 e. The molecule has 0 amide bonds. The van der Waals surface area contributed by atoms with E-state index in [1.54, 1.807) is 12.1 Å². The van der Waals surface area contributed by atoms with E-state index in [-0.39, 0.29) is 5.82 Å². The molecule has 2 N–H and O–H groups in total. The molecule has 0 bridgehead atoms. The van der Waals surface area contributed by atoms with E-state index in [9.17, 15) is 4.39 Å². The van der Waals surface area contributed by atoms with Gasteiger partial charge < -0.3 is 10.6 Å². The van der Waals surface area contributed by atoms with E-state index in [2.05, 4.69) is 6.92 Å². The lowest BCUT2D eigenvalue weighted by atomic mass is 10.2. The fourth-order valence-electron chi connectivity index (χ4n) is 1.56. The highest BCUT2D eigenvalue weighted by molar-refractivity contribution is 5.68. The van der Waals surface area contributed by atoms with Crippen molar-refractivity contribution in [2.24, 2.45) is 0 Å². The Balaban J connectivity index is 3.02. The van der Waals surface area contributed by atoms with Crippen molar-refractivity contribution in [3.05, 3.63) is 24.0 Å². The Hall–Kier alpha value is -1.25. The van der Waals surface area contributed by atoms with Crippen molar-refractivity contribution < 1.29 is 4.39 Å². The van der Waals surface area contributed by atoms with Gasteiger partial charge in [0, 0.05) is 13.1 Å². The number of anilines is 2. The van der Waals surface area contributed by atoms with Crippen LogP contribution < -0.4 is 10.6 Å². The van der Waals surface area contributed by atoms with Crippen LogP contribution in [0.15, 0.2) is 18.2 Å². The number of nitrogens with two attached hydrogens (primary N) is 1. The highest BCUT2D eigenvalue weighted by Gasteiger charge is 2.11. The van der Waals surface area contributed by atoms with Crippen LogP contribution in [0.5, 0.6) is 0 Å². The molecule has 1 aromatic rings. The SMILES string of the molecule is CCCN(CC)c1c(N)cccc1F. The highest BCUT2D eigenvalue weighted by Crippen LogP contribution is 2.26. The van der Waals surface area contributed by atoms with Crippen LogP contribution in [0.1, 0.15) is 20.3 Å². The van der Waals surface area contributed by atoms with Crippen molar-refractivity contribution in [2.45, 2.75) is 20.3 Å². The van der Waals surface area contributed by atoms with Crippen molar-refractivity contribution in [2.75, 3.05) is 23.7 Å². The molecule has 0 aliphatic rings. The second-order valence-corrected chi connectivity index (χ2v) is 3.26. The van der Waals surface area contributed by atoms with Crippen LogP contribution >= 0.6 is 0 Å². The van der Waals surface area contributed by atoms with Crippen LogP contribution in [-0.4, -0.2) is 13.1 Å². The summed E-state index contributed by atoms with van der Waals surface area (Å²) in [5.41, 5.74) is 6.80. The molecular formula is C11H17FN2. The van der Waals surface area contributed by atoms with Gasteiger partial charge in [-0.3, -0.25) is 0 Å². The first-order valence-electron chi connectivity index (χ1n) is 4.99. The number of para-hydroxylation sites is 1. The van der Waals surface area contributed by atoms with Crippen LogP contribution in [0.2, 0.25) is 0 Å². The third kappa shape index (κ3) is 2.16. The van der Waals surface area contributed by atoms with Gasteiger partial charge in [-0.15, -0.1) is 0 Å². The topological polar surface area (TPSA) is 29.3 Å². The Bertz CT molecular complexity index is 279. The molecule has 2 nitrogen and oxygen atoms in total. The molecule has 0 unspecified atom stereocenters. The third-order valence-corrected chi connectivity index (χ3v) is 2.21. The summed E-state index contributed by atoms with van der Waals surface area (Å²) in [4.78, 5) is 1.96. The molecule has 0 spiro atoms. The zero-order valence-corrected chi connectivity index (χ0v) is 8.76. The Morgan fingerprint density at radius 2 is 2.07 bits per heavy atom. The Labute approximate surface area is 84.5 Å². The minimum atomic E-state index is -0.236. The summed E-state index contributed by atoms with van der Waals surface area (Å²) in [7, 11) is 0. The fraction of sp³-hybridized carbons (Fsp3) is 0.455. The molecule has 3 heteroatoms. The average Bonchev–Trinajstić information content (AvgIpc) is 2.16. The Morgan fingerprint density at radius 1 is 1.36 bits per heavy atom. The summed E-state index contributed by atoms with van der Waals surface area (Å²) in [5.74, 6) is -0.236. The van der Waals surface area contributed by atoms with Gasteiger partial charge in [0.25, 0.3) is 0 Å². The lowest BCUT2D eigenvalue weighted by Gasteiger charge is -2.24. The summed E-state index contributed by atoms with van der Waals surface area (Å²) in [6.45, 7) is 5.68. The molecule has 0 radical (unpaired) electrons. The molecule has 0 heterocycles. The number of hydrogen-bond donors (Lipinski definition) is 1. The zero-order valence-electron chi connectivity index (χ0n) is 8.76. The smallest absolute Gasteiger partial charge is 0.148 e. The second-order valence-electron chi connectivity index (χ2n) is 3.26. The Morgan fingerprint density at radius 3 is 2.57 bits per heavy atom. The molecule has 0 aliphatic heterocycles. The van der Waals surface area contributed by atoms with Crippen molar-refractivity contribution in [1.82, 2.24) is 0 Å². The average molecular weight is 196 g/mol. The molecule has 0 saturated carbocycles. The van der Waals surface area contributed by atoms with Gasteiger partial charge in [0.05, 0.1) is 11.4 Å². The van der Waals surface area contributed by atoms with E-state index >= 15 is 0 Å². The summed E-state index contributed by atoms with van der Waals surface area (Å²) >= 11 is 0. The molecule has 14 heavy (non-hydrogen) atoms. The van der Waals surface area contributed by atoms with Gasteiger partial charge >= 0.3 is 0 Å². The lowest BCUT2D eigenvalue weighted by Crippen LogP contribution is -2.25. The maximum absolute atomic E-state index is 13.5. The molecule has 0 atom stereocenters. The molecule has 0 fully saturated rings. The molecular weight excluding hydrogens is 179 g/mol. The molecule has 0 saturated heterocycles. The summed E-state index contributed by atoms with van der Waals surface area (Å²) < 4.78 is 13.5. The van der Waals surface area contributed by atoms with Crippen molar-refractivity contribution in [3.63, 3.8) is 0 Å². The quantitative estimate of drug-likeness (QED) is 0.750. The summed E-state index contributed by atoms with van der Waals surface area (Å²) in [6, 6.07) is 4.81. The maximum Gasteiger partial charge on any atom is 0.148 e. The van der Waals surface area contributed by atoms with Crippen LogP contribution in [0.4, 0.5) is 15.8 Å². The van der Waals surface area contributed by atoms with E-state index in [1.165, 1.54) is 6.07 Å². The van der Waals surface area contributed by atoms with E-state index in [0.717, 1.165) is 19.5 Å². The van der Waals surface area contributed by atoms with Gasteiger partial charge in [0.15, 0.2) is 0 Å². The minimum Gasteiger partial charge on any atom is -0.397 e. The van der Waals surface area contributed by atoms with Gasteiger partial charge in [-0.1, -0.05) is 13.0 Å². The normalized spacial score (nSPS) is 10.2. The van der Waals surface area contributed by atoms with Crippen LogP contribution in [0.3, 0.4) is 0 Å². The number of nitrogens with zero attached hydrogens (tertiary/aromatic N) is 1. The maximum atomic E-state index is 13.5. The highest BCUT2D eigenvalue weighted by atomic mass is 19.1. The number of halogens is 1. The number of nitrogen functional groups attached to an aromatic ring is 1. The van der Waals surface area contributed by atoms with Gasteiger partial charge in [0.2, 0.25) is 0 Å². The van der Waals surface area contributed by atoms with E-state index in [0.29, 0.717) is 11.4 Å². The molecule has 78 valence electrons. The third-order valence-electron chi connectivity index (χ3n) is 2.21. The predicted molar refractivity (Wildman–Crippen MR) is 59.0 cm³/mol. The Kier molecular flexibility index (Phi) is 3.74. The molecule has 1 rings (SSSR count). The first-order chi connectivity index (χ1) is 6.70. The number of rotatable bonds is 4. The van der Waals surface area contributed by atoms with Gasteiger partial charge in [-0.2, -0.15) is 0 Å². The van der Waals surface area contributed by atoms with Crippen LogP contribution in [0.25, 0.3) is 0 Å². The van der Waals surface area contributed by atoms with Crippen LogP contribution in [0, 0.1) is 5.82 Å². The zero-order chi connectivity index (χ0) is 10.6. The van der Waals surface area contributed by atoms with Crippen LogP contribution in [-0.2, 0) is 0 Å². The molecule has 0 aromatic heterocycles. The summed E-state index contributed by atoms with van der Waals surface area (Å²) in [6.07, 6.45) is 0.988. The van der Waals surface area contributed by atoms with Crippen molar-refractivity contribution in [1.29, 1.82) is 0 Å². The molecule has 0 aliphatic carbocycles. The monoisotopic (exact) mass is 196 g/mol. The standard InChI is InChI=1S/C11H17FN2/c1-3-8-14(4-2)11-9(12)6-5-7-10(11)13/h5-7H,3-4,8,13H2,1-2H3. The first-order valence-corrected chi connectivity index (χ1v) is 4.99. The molecule has 1 aromatic carbocycles. The van der Waals surface area contributed by atoms with Crippen molar-refractivity contribution >= 4 is 11.4 Å². The lowest BCUT2D eigenvalue weighted by molar-refractivity contribution is 0.618. The number of hydrogen-bond acceptors (Lipinski definition) is 2. The van der Waals surface area contributed by atoms with Gasteiger partial charge in [0.1, 0.15) is 5.82 Å². The van der Waals surface area contributed by atoms with E-state index < -0.39 is 0 Å². The van der Waals surface area contributed by atoms with Gasteiger partial charge in [-0.25, -0.2) is 4.39 Å². The predicted octanol–water partition coefficient (Wildman–Crippen LogP) is 2.64. The number of benzene rings is 1. The minimum absolute atomic E-state index is 0.236. The first kappa shape index (κ1) is 10.8. The van der Waals surface area contributed by atoms with E-state index in [1.807, 2.05) is 11.8 Å². The van der Waals surface area contributed by atoms with Crippen molar-refractivity contribution in [3.8, 4) is 0 Å². The fourth-order valence-corrected chi connectivity index (χ4v) is 1.56. The second kappa shape index (κ2) is 4.84.